The molecule has 0 saturated carbocycles. The fourth-order valence-corrected chi connectivity index (χ4v) is 4.28. The van der Waals surface area contributed by atoms with Gasteiger partial charge in [-0.25, -0.2) is 9.29 Å². The lowest BCUT2D eigenvalue weighted by molar-refractivity contribution is -0.132. The molecule has 0 N–H and O–H groups in total. The Labute approximate surface area is 210 Å². The molecule has 1 fully saturated rings. The molecule has 2 aliphatic heterocycles. The molecule has 3 amide bonds. The number of carbonyl (C=O) groups is 4. The molecule has 0 aromatic heterocycles. The molecule has 2 heterocycles. The Morgan fingerprint density at radius 2 is 1.70 bits per heavy atom. The SMILES string of the molecule is CC(=O)Oc1ccc(N2C(=O)CC(N(Cc3ccc4c(c3)OCO4)C(=O)c3ccc(F)cc3)C2=O)cc1. The third-order valence-electron chi connectivity index (χ3n) is 6.00. The number of carbonyl (C=O) groups excluding carboxylic acids is 4. The van der Waals surface area contributed by atoms with Crippen molar-refractivity contribution in [2.24, 2.45) is 0 Å². The van der Waals surface area contributed by atoms with Crippen molar-refractivity contribution in [1.82, 2.24) is 4.90 Å². The summed E-state index contributed by atoms with van der Waals surface area (Å²) in [6.07, 6.45) is -0.234. The molecule has 1 unspecified atom stereocenters. The van der Waals surface area contributed by atoms with Gasteiger partial charge in [0, 0.05) is 19.0 Å². The van der Waals surface area contributed by atoms with Gasteiger partial charge < -0.3 is 19.1 Å². The minimum Gasteiger partial charge on any atom is -0.454 e. The number of halogens is 1. The maximum absolute atomic E-state index is 13.5. The topological polar surface area (TPSA) is 102 Å². The third-order valence-corrected chi connectivity index (χ3v) is 6.00. The molecule has 10 heteroatoms. The van der Waals surface area contributed by atoms with Crippen molar-refractivity contribution in [2.75, 3.05) is 11.7 Å². The van der Waals surface area contributed by atoms with E-state index in [9.17, 15) is 23.6 Å². The number of anilines is 1. The van der Waals surface area contributed by atoms with Gasteiger partial charge >= 0.3 is 5.97 Å². The summed E-state index contributed by atoms with van der Waals surface area (Å²) in [6.45, 7) is 1.34. The van der Waals surface area contributed by atoms with Gasteiger partial charge in [0.15, 0.2) is 11.5 Å². The van der Waals surface area contributed by atoms with E-state index in [1.165, 1.54) is 48.2 Å². The van der Waals surface area contributed by atoms with Crippen molar-refractivity contribution >= 4 is 29.4 Å². The molecule has 0 aliphatic carbocycles. The van der Waals surface area contributed by atoms with Crippen molar-refractivity contribution in [3.8, 4) is 17.2 Å². The number of esters is 1. The summed E-state index contributed by atoms with van der Waals surface area (Å²) in [5.74, 6) is -1.27. The quantitative estimate of drug-likeness (QED) is 0.288. The third kappa shape index (κ3) is 4.86. The van der Waals surface area contributed by atoms with Gasteiger partial charge in [-0.3, -0.25) is 19.2 Å². The van der Waals surface area contributed by atoms with Crippen LogP contribution in [0.3, 0.4) is 0 Å². The van der Waals surface area contributed by atoms with Crippen LogP contribution in [-0.4, -0.2) is 41.4 Å². The first kappa shape index (κ1) is 24.0. The zero-order valence-electron chi connectivity index (χ0n) is 19.7. The van der Waals surface area contributed by atoms with E-state index < -0.39 is 35.5 Å². The summed E-state index contributed by atoms with van der Waals surface area (Å²) in [7, 11) is 0. The molecular weight excluding hydrogens is 483 g/mol. The average molecular weight is 504 g/mol. The van der Waals surface area contributed by atoms with Crippen LogP contribution >= 0.6 is 0 Å². The standard InChI is InChI=1S/C27H21FN2O7/c1-16(31)37-21-9-7-20(8-10-21)30-25(32)13-22(27(30)34)29(26(33)18-3-5-19(28)6-4-18)14-17-2-11-23-24(12-17)36-15-35-23/h2-12,22H,13-15H2,1H3. The lowest BCUT2D eigenvalue weighted by Gasteiger charge is -2.28. The molecule has 1 atom stereocenters. The predicted molar refractivity (Wildman–Crippen MR) is 127 cm³/mol. The van der Waals surface area contributed by atoms with Gasteiger partial charge in [0.2, 0.25) is 12.7 Å². The monoisotopic (exact) mass is 504 g/mol. The van der Waals surface area contributed by atoms with E-state index in [2.05, 4.69) is 0 Å². The van der Waals surface area contributed by atoms with Crippen molar-refractivity contribution < 1.29 is 37.8 Å². The number of fused-ring (bicyclic) bond motifs is 1. The lowest BCUT2D eigenvalue weighted by Crippen LogP contribution is -2.45. The predicted octanol–water partition coefficient (Wildman–Crippen LogP) is 3.45. The summed E-state index contributed by atoms with van der Waals surface area (Å²) in [5, 5.41) is 0. The van der Waals surface area contributed by atoms with Crippen molar-refractivity contribution in [3.05, 3.63) is 83.7 Å². The van der Waals surface area contributed by atoms with Crippen LogP contribution in [0.2, 0.25) is 0 Å². The number of ether oxygens (including phenoxy) is 3. The molecule has 1 saturated heterocycles. The second-order valence-corrected chi connectivity index (χ2v) is 8.50. The highest BCUT2D eigenvalue weighted by molar-refractivity contribution is 6.23. The fourth-order valence-electron chi connectivity index (χ4n) is 4.28. The van der Waals surface area contributed by atoms with E-state index in [1.807, 2.05) is 0 Å². The molecule has 37 heavy (non-hydrogen) atoms. The maximum atomic E-state index is 13.5. The van der Waals surface area contributed by atoms with Crippen LogP contribution in [0.25, 0.3) is 0 Å². The Hall–Kier alpha value is -4.73. The maximum Gasteiger partial charge on any atom is 0.308 e. The molecular formula is C27H21FN2O7. The number of amides is 3. The van der Waals surface area contributed by atoms with E-state index in [0.29, 0.717) is 17.1 Å². The Morgan fingerprint density at radius 3 is 2.41 bits per heavy atom. The summed E-state index contributed by atoms with van der Waals surface area (Å²) < 4.78 is 29.3. The lowest BCUT2D eigenvalue weighted by atomic mass is 10.1. The minimum absolute atomic E-state index is 0.00420. The van der Waals surface area contributed by atoms with Crippen LogP contribution in [0.1, 0.15) is 29.3 Å². The number of rotatable bonds is 6. The van der Waals surface area contributed by atoms with E-state index in [0.717, 1.165) is 17.0 Å². The smallest absolute Gasteiger partial charge is 0.308 e. The zero-order chi connectivity index (χ0) is 26.1. The largest absolute Gasteiger partial charge is 0.454 e. The summed E-state index contributed by atoms with van der Waals surface area (Å²) >= 11 is 0. The first-order valence-electron chi connectivity index (χ1n) is 11.4. The van der Waals surface area contributed by atoms with Crippen molar-refractivity contribution in [3.63, 3.8) is 0 Å². The number of hydrogen-bond acceptors (Lipinski definition) is 7. The number of hydrogen-bond donors (Lipinski definition) is 0. The van der Waals surface area contributed by atoms with Gasteiger partial charge in [0.1, 0.15) is 17.6 Å². The van der Waals surface area contributed by atoms with Crippen LogP contribution in [0, 0.1) is 5.82 Å². The normalized spacial score (nSPS) is 16.2. The van der Waals surface area contributed by atoms with E-state index >= 15 is 0 Å². The minimum atomic E-state index is -1.09. The summed E-state index contributed by atoms with van der Waals surface area (Å²) in [4.78, 5) is 53.5. The highest BCUT2D eigenvalue weighted by Crippen LogP contribution is 2.34. The first-order chi connectivity index (χ1) is 17.8. The van der Waals surface area contributed by atoms with Gasteiger partial charge in [-0.05, 0) is 66.2 Å². The molecule has 9 nitrogen and oxygen atoms in total. The molecule has 3 aromatic rings. The van der Waals surface area contributed by atoms with Gasteiger partial charge in [0.05, 0.1) is 12.1 Å². The van der Waals surface area contributed by atoms with Gasteiger partial charge in [0.25, 0.3) is 11.8 Å². The second-order valence-electron chi connectivity index (χ2n) is 8.50. The van der Waals surface area contributed by atoms with E-state index in [4.69, 9.17) is 14.2 Å². The van der Waals surface area contributed by atoms with Crippen LogP contribution in [0.5, 0.6) is 17.2 Å². The summed E-state index contributed by atoms with van der Waals surface area (Å²) in [5.41, 5.74) is 1.11. The van der Waals surface area contributed by atoms with Gasteiger partial charge in [-0.15, -0.1) is 0 Å². The number of benzene rings is 3. The Morgan fingerprint density at radius 1 is 1.00 bits per heavy atom. The van der Waals surface area contributed by atoms with E-state index in [1.54, 1.807) is 18.2 Å². The molecule has 0 spiro atoms. The zero-order valence-corrected chi connectivity index (χ0v) is 19.7. The van der Waals surface area contributed by atoms with Gasteiger partial charge in [-0.2, -0.15) is 0 Å². The van der Waals surface area contributed by atoms with Crippen LogP contribution in [-0.2, 0) is 20.9 Å². The Balaban J connectivity index is 1.45. The molecule has 0 bridgehead atoms. The second kappa shape index (κ2) is 9.73. The van der Waals surface area contributed by atoms with Gasteiger partial charge in [-0.1, -0.05) is 6.07 Å². The molecule has 3 aromatic carbocycles. The van der Waals surface area contributed by atoms with Crippen LogP contribution in [0.15, 0.2) is 66.7 Å². The van der Waals surface area contributed by atoms with Crippen molar-refractivity contribution in [2.45, 2.75) is 25.9 Å². The highest BCUT2D eigenvalue weighted by Gasteiger charge is 2.44. The Kier molecular flexibility index (Phi) is 6.31. The first-order valence-corrected chi connectivity index (χ1v) is 11.4. The molecule has 0 radical (unpaired) electrons. The summed E-state index contributed by atoms with van der Waals surface area (Å²) in [6, 6.07) is 15.0. The number of imide groups is 1. The van der Waals surface area contributed by atoms with Crippen molar-refractivity contribution in [1.29, 1.82) is 0 Å². The molecule has 2 aliphatic rings. The van der Waals surface area contributed by atoms with E-state index in [-0.39, 0.29) is 36.8 Å². The molecule has 5 rings (SSSR count). The Bertz CT molecular complexity index is 1390. The fraction of sp³-hybridized carbons (Fsp3) is 0.185. The van der Waals surface area contributed by atoms with Crippen LogP contribution < -0.4 is 19.1 Å². The average Bonchev–Trinajstić information content (AvgIpc) is 3.46. The molecule has 188 valence electrons. The highest BCUT2D eigenvalue weighted by atomic mass is 19.1. The van der Waals surface area contributed by atoms with Crippen LogP contribution in [0.4, 0.5) is 10.1 Å². The number of nitrogens with zero attached hydrogens (tertiary/aromatic N) is 2.